The van der Waals surface area contributed by atoms with Crippen LogP contribution in [0.4, 0.5) is 4.79 Å². The van der Waals surface area contributed by atoms with Gasteiger partial charge in [0.2, 0.25) is 0 Å². The highest BCUT2D eigenvalue weighted by Gasteiger charge is 2.21. The molecule has 1 aliphatic rings. The fourth-order valence-electron chi connectivity index (χ4n) is 1.47. The van der Waals surface area contributed by atoms with E-state index in [1.165, 1.54) is 0 Å². The van der Waals surface area contributed by atoms with Crippen molar-refractivity contribution >= 4 is 6.09 Å². The summed E-state index contributed by atoms with van der Waals surface area (Å²) in [6.45, 7) is 7.16. The Hall–Kier alpha value is -0.990. The second-order valence-corrected chi connectivity index (χ2v) is 4.89. The number of amides is 1. The normalized spacial score (nSPS) is 18.2. The molecule has 3 heteroatoms. The Balaban J connectivity index is 2.49. The van der Waals surface area contributed by atoms with E-state index in [-0.39, 0.29) is 6.09 Å². The van der Waals surface area contributed by atoms with E-state index in [1.807, 2.05) is 26.8 Å². The van der Waals surface area contributed by atoms with Gasteiger partial charge in [-0.2, -0.15) is 0 Å². The van der Waals surface area contributed by atoms with Gasteiger partial charge in [-0.05, 0) is 40.0 Å². The summed E-state index contributed by atoms with van der Waals surface area (Å²) in [7, 11) is 0. The minimum Gasteiger partial charge on any atom is -0.444 e. The highest BCUT2D eigenvalue weighted by Crippen LogP contribution is 2.12. The number of carbonyl (C=O) groups excluding carboxylic acids is 1. The predicted molar refractivity (Wildman–Crippen MR) is 60.8 cm³/mol. The molecule has 0 radical (unpaired) electrons. The van der Waals surface area contributed by atoms with Crippen LogP contribution < -0.4 is 0 Å². The summed E-state index contributed by atoms with van der Waals surface area (Å²) in [6, 6.07) is 0. The SMILES string of the molecule is CC(C)(C)OC(=O)N1CC=CCCCC1. The first-order chi connectivity index (χ1) is 6.99. The van der Waals surface area contributed by atoms with E-state index in [0.29, 0.717) is 6.54 Å². The summed E-state index contributed by atoms with van der Waals surface area (Å²) in [5, 5.41) is 0. The van der Waals surface area contributed by atoms with E-state index in [9.17, 15) is 4.79 Å². The first kappa shape index (κ1) is 12.1. The molecule has 0 bridgehead atoms. The number of carbonyl (C=O) groups is 1. The number of nitrogens with zero attached hydrogens (tertiary/aromatic N) is 1. The number of hydrogen-bond donors (Lipinski definition) is 0. The summed E-state index contributed by atoms with van der Waals surface area (Å²) in [5.41, 5.74) is -0.400. The molecule has 0 saturated heterocycles. The quantitative estimate of drug-likeness (QED) is 0.576. The van der Waals surface area contributed by atoms with E-state index in [2.05, 4.69) is 6.08 Å². The van der Waals surface area contributed by atoms with Crippen LogP contribution >= 0.6 is 0 Å². The molecule has 0 fully saturated rings. The topological polar surface area (TPSA) is 29.5 Å². The smallest absolute Gasteiger partial charge is 0.410 e. The minimum atomic E-state index is -0.400. The molecule has 0 saturated carbocycles. The van der Waals surface area contributed by atoms with Crippen LogP contribution in [0.5, 0.6) is 0 Å². The van der Waals surface area contributed by atoms with Gasteiger partial charge in [0.1, 0.15) is 5.60 Å². The molecule has 0 aliphatic carbocycles. The number of ether oxygens (including phenoxy) is 1. The molecular formula is C12H21NO2. The van der Waals surface area contributed by atoms with Crippen LogP contribution in [0.1, 0.15) is 40.0 Å². The monoisotopic (exact) mass is 211 g/mol. The van der Waals surface area contributed by atoms with Crippen LogP contribution in [-0.2, 0) is 4.74 Å². The molecule has 0 aromatic rings. The van der Waals surface area contributed by atoms with Crippen LogP contribution in [0.25, 0.3) is 0 Å². The van der Waals surface area contributed by atoms with E-state index < -0.39 is 5.60 Å². The minimum absolute atomic E-state index is 0.200. The molecule has 86 valence electrons. The Labute approximate surface area is 92.1 Å². The van der Waals surface area contributed by atoms with E-state index in [4.69, 9.17) is 4.74 Å². The third-order valence-corrected chi connectivity index (χ3v) is 2.19. The Morgan fingerprint density at radius 2 is 2.00 bits per heavy atom. The Morgan fingerprint density at radius 1 is 1.27 bits per heavy atom. The van der Waals surface area contributed by atoms with Gasteiger partial charge in [-0.25, -0.2) is 4.79 Å². The third kappa shape index (κ3) is 4.86. The van der Waals surface area contributed by atoms with E-state index in [1.54, 1.807) is 4.90 Å². The van der Waals surface area contributed by atoms with Gasteiger partial charge in [0, 0.05) is 13.1 Å². The number of hydrogen-bond acceptors (Lipinski definition) is 2. The summed E-state index contributed by atoms with van der Waals surface area (Å²) in [5.74, 6) is 0. The van der Waals surface area contributed by atoms with Crippen molar-refractivity contribution < 1.29 is 9.53 Å². The van der Waals surface area contributed by atoms with Gasteiger partial charge in [-0.15, -0.1) is 0 Å². The Bertz CT molecular complexity index is 240. The van der Waals surface area contributed by atoms with E-state index >= 15 is 0 Å². The summed E-state index contributed by atoms with van der Waals surface area (Å²) >= 11 is 0. The van der Waals surface area contributed by atoms with Gasteiger partial charge < -0.3 is 9.64 Å². The third-order valence-electron chi connectivity index (χ3n) is 2.19. The average molecular weight is 211 g/mol. The maximum Gasteiger partial charge on any atom is 0.410 e. The van der Waals surface area contributed by atoms with Crippen molar-refractivity contribution in [1.29, 1.82) is 0 Å². The van der Waals surface area contributed by atoms with Gasteiger partial charge in [0.05, 0.1) is 0 Å². The van der Waals surface area contributed by atoms with Gasteiger partial charge in [-0.1, -0.05) is 12.2 Å². The van der Waals surface area contributed by atoms with Crippen LogP contribution in [0.2, 0.25) is 0 Å². The summed E-state index contributed by atoms with van der Waals surface area (Å²) in [4.78, 5) is 13.5. The largest absolute Gasteiger partial charge is 0.444 e. The van der Waals surface area contributed by atoms with Crippen LogP contribution in [0.3, 0.4) is 0 Å². The van der Waals surface area contributed by atoms with Crippen molar-refractivity contribution in [3.05, 3.63) is 12.2 Å². The molecule has 0 spiro atoms. The lowest BCUT2D eigenvalue weighted by molar-refractivity contribution is 0.0267. The Morgan fingerprint density at radius 3 is 2.67 bits per heavy atom. The number of rotatable bonds is 0. The van der Waals surface area contributed by atoms with Crippen molar-refractivity contribution in [1.82, 2.24) is 4.90 Å². The lowest BCUT2D eigenvalue weighted by Crippen LogP contribution is -2.37. The first-order valence-electron chi connectivity index (χ1n) is 5.62. The van der Waals surface area contributed by atoms with Crippen molar-refractivity contribution in [3.8, 4) is 0 Å². The van der Waals surface area contributed by atoms with Gasteiger partial charge >= 0.3 is 6.09 Å². The fraction of sp³-hybridized carbons (Fsp3) is 0.750. The van der Waals surface area contributed by atoms with E-state index in [0.717, 1.165) is 25.8 Å². The predicted octanol–water partition coefficient (Wildman–Crippen LogP) is 2.96. The van der Waals surface area contributed by atoms with Crippen LogP contribution in [0, 0.1) is 0 Å². The second-order valence-electron chi connectivity index (χ2n) is 4.89. The maximum absolute atomic E-state index is 11.7. The van der Waals surface area contributed by atoms with Crippen molar-refractivity contribution in [2.45, 2.75) is 45.6 Å². The molecule has 1 aliphatic heterocycles. The highest BCUT2D eigenvalue weighted by atomic mass is 16.6. The molecule has 1 rings (SSSR count). The average Bonchev–Trinajstić information content (AvgIpc) is 1.98. The molecule has 0 atom stereocenters. The molecule has 0 aromatic heterocycles. The molecule has 1 amide bonds. The van der Waals surface area contributed by atoms with Gasteiger partial charge in [-0.3, -0.25) is 0 Å². The number of allylic oxidation sites excluding steroid dienone is 1. The summed E-state index contributed by atoms with van der Waals surface area (Å²) in [6.07, 6.45) is 7.32. The van der Waals surface area contributed by atoms with Crippen LogP contribution in [-0.4, -0.2) is 29.7 Å². The van der Waals surface area contributed by atoms with Crippen molar-refractivity contribution in [3.63, 3.8) is 0 Å². The molecule has 15 heavy (non-hydrogen) atoms. The molecule has 0 aromatic carbocycles. The molecular weight excluding hydrogens is 190 g/mol. The molecule has 3 nitrogen and oxygen atoms in total. The molecule has 0 unspecified atom stereocenters. The standard InChI is InChI=1S/C12H21NO2/c1-12(2,3)15-11(14)13-9-7-5-4-6-8-10-13/h5,7H,4,6,8-10H2,1-3H3. The lowest BCUT2D eigenvalue weighted by atomic mass is 10.2. The fourth-order valence-corrected chi connectivity index (χ4v) is 1.47. The summed E-state index contributed by atoms with van der Waals surface area (Å²) < 4.78 is 5.33. The second kappa shape index (κ2) is 5.19. The zero-order valence-electron chi connectivity index (χ0n) is 9.95. The molecule has 0 N–H and O–H groups in total. The van der Waals surface area contributed by atoms with Gasteiger partial charge in [0.15, 0.2) is 0 Å². The highest BCUT2D eigenvalue weighted by molar-refractivity contribution is 5.68. The Kier molecular flexibility index (Phi) is 4.18. The van der Waals surface area contributed by atoms with Crippen molar-refractivity contribution in [2.75, 3.05) is 13.1 Å². The maximum atomic E-state index is 11.7. The molecule has 1 heterocycles. The van der Waals surface area contributed by atoms with Gasteiger partial charge in [0.25, 0.3) is 0 Å². The first-order valence-corrected chi connectivity index (χ1v) is 5.62. The van der Waals surface area contributed by atoms with Crippen molar-refractivity contribution in [2.24, 2.45) is 0 Å². The zero-order chi connectivity index (χ0) is 11.3. The zero-order valence-corrected chi connectivity index (χ0v) is 9.95. The lowest BCUT2D eigenvalue weighted by Gasteiger charge is -2.27. The van der Waals surface area contributed by atoms with Crippen LogP contribution in [0.15, 0.2) is 12.2 Å².